The largest absolute Gasteiger partial charge is 0.466 e. The van der Waals surface area contributed by atoms with E-state index in [0.29, 0.717) is 0 Å². The Morgan fingerprint density at radius 1 is 1.47 bits per heavy atom. The van der Waals surface area contributed by atoms with Crippen LogP contribution in [-0.2, 0) is 9.53 Å². The van der Waals surface area contributed by atoms with E-state index in [1.165, 1.54) is 13.2 Å². The van der Waals surface area contributed by atoms with Crippen molar-refractivity contribution in [1.29, 1.82) is 0 Å². The van der Waals surface area contributed by atoms with Crippen molar-refractivity contribution < 1.29 is 14.6 Å². The van der Waals surface area contributed by atoms with Gasteiger partial charge in [0.05, 0.1) is 13.2 Å². The van der Waals surface area contributed by atoms with E-state index in [-0.39, 0.29) is 18.0 Å². The Labute approximate surface area is 92.1 Å². The van der Waals surface area contributed by atoms with E-state index < -0.39 is 0 Å². The molecule has 0 bridgehead atoms. The molecule has 0 heterocycles. The predicted octanol–water partition coefficient (Wildman–Crippen LogP) is 2.29. The van der Waals surface area contributed by atoms with Crippen LogP contribution < -0.4 is 0 Å². The van der Waals surface area contributed by atoms with Gasteiger partial charge in [0, 0.05) is 12.0 Å². The van der Waals surface area contributed by atoms with Gasteiger partial charge in [-0.25, -0.2) is 4.79 Å². The Kier molecular flexibility index (Phi) is 8.01. The van der Waals surface area contributed by atoms with Crippen molar-refractivity contribution >= 4 is 5.97 Å². The lowest BCUT2D eigenvalue weighted by molar-refractivity contribution is -0.134. The maximum atomic E-state index is 10.8. The Hall–Kier alpha value is -0.830. The number of esters is 1. The summed E-state index contributed by atoms with van der Waals surface area (Å²) in [5.41, 5.74) is 0. The van der Waals surface area contributed by atoms with Crippen LogP contribution in [0.15, 0.2) is 12.2 Å². The highest BCUT2D eigenvalue weighted by atomic mass is 16.5. The van der Waals surface area contributed by atoms with Crippen LogP contribution in [0.5, 0.6) is 0 Å². The maximum Gasteiger partial charge on any atom is 0.330 e. The minimum atomic E-state index is -0.373. The highest BCUT2D eigenvalue weighted by Gasteiger charge is 2.10. The summed E-state index contributed by atoms with van der Waals surface area (Å²) < 4.78 is 4.47. The summed E-state index contributed by atoms with van der Waals surface area (Å²) in [4.78, 5) is 10.8. The molecule has 0 amide bonds. The minimum absolute atomic E-state index is 0.000885. The first-order valence-corrected chi connectivity index (χ1v) is 5.56. The zero-order chi connectivity index (χ0) is 11.7. The summed E-state index contributed by atoms with van der Waals surface area (Å²) in [5, 5.41) is 9.73. The molecule has 0 aromatic heterocycles. The van der Waals surface area contributed by atoms with Gasteiger partial charge in [0.25, 0.3) is 0 Å². The Morgan fingerprint density at radius 3 is 2.67 bits per heavy atom. The fourth-order valence-electron chi connectivity index (χ4n) is 1.29. The quantitative estimate of drug-likeness (QED) is 0.402. The third-order valence-corrected chi connectivity index (χ3v) is 2.45. The van der Waals surface area contributed by atoms with E-state index in [1.54, 1.807) is 6.08 Å². The number of methoxy groups -OCH3 is 1. The molecule has 0 aliphatic heterocycles. The molecule has 0 fully saturated rings. The number of carbonyl (C=O) groups excluding carboxylic acids is 1. The highest BCUT2D eigenvalue weighted by Crippen LogP contribution is 2.12. The smallest absolute Gasteiger partial charge is 0.330 e. The Balaban J connectivity index is 3.82. The van der Waals surface area contributed by atoms with Crippen LogP contribution in [0.4, 0.5) is 0 Å². The summed E-state index contributed by atoms with van der Waals surface area (Å²) in [6, 6.07) is 0. The van der Waals surface area contributed by atoms with Gasteiger partial charge >= 0.3 is 5.97 Å². The third-order valence-electron chi connectivity index (χ3n) is 2.45. The molecule has 0 aliphatic carbocycles. The minimum Gasteiger partial charge on any atom is -0.466 e. The first-order valence-electron chi connectivity index (χ1n) is 5.56. The molecule has 0 rings (SSSR count). The van der Waals surface area contributed by atoms with Crippen molar-refractivity contribution in [2.75, 3.05) is 7.11 Å². The molecular weight excluding hydrogens is 192 g/mol. The van der Waals surface area contributed by atoms with Crippen LogP contribution in [0.2, 0.25) is 0 Å². The summed E-state index contributed by atoms with van der Waals surface area (Å²) in [6.45, 7) is 4.03. The molecule has 1 N–H and O–H groups in total. The van der Waals surface area contributed by atoms with Gasteiger partial charge in [0.2, 0.25) is 0 Å². The number of aliphatic hydroxyl groups excluding tert-OH is 1. The fraction of sp³-hybridized carbons (Fsp3) is 0.750. The van der Waals surface area contributed by atoms with Gasteiger partial charge in [-0.1, -0.05) is 39.2 Å². The molecule has 0 aliphatic rings. The van der Waals surface area contributed by atoms with Crippen molar-refractivity contribution in [2.24, 2.45) is 5.92 Å². The molecular formula is C12H22O3. The SMILES string of the molecule is CCCCC[C@@H](O)[C@@H](C)/C=C/C(=O)OC. The lowest BCUT2D eigenvalue weighted by Crippen LogP contribution is -2.15. The van der Waals surface area contributed by atoms with Crippen LogP contribution in [0.25, 0.3) is 0 Å². The normalized spacial score (nSPS) is 15.2. The van der Waals surface area contributed by atoms with Crippen LogP contribution in [0.3, 0.4) is 0 Å². The monoisotopic (exact) mass is 214 g/mol. The summed E-state index contributed by atoms with van der Waals surface area (Å²) in [5.74, 6) is -0.372. The number of ether oxygens (including phenoxy) is 1. The van der Waals surface area contributed by atoms with E-state index in [0.717, 1.165) is 25.7 Å². The standard InChI is InChI=1S/C12H22O3/c1-4-5-6-7-11(13)10(2)8-9-12(14)15-3/h8-11,13H,4-7H2,1-3H3/b9-8+/t10-,11+/m0/s1. The van der Waals surface area contributed by atoms with E-state index in [9.17, 15) is 9.90 Å². The zero-order valence-electron chi connectivity index (χ0n) is 9.90. The zero-order valence-corrected chi connectivity index (χ0v) is 9.90. The van der Waals surface area contributed by atoms with Crippen LogP contribution in [-0.4, -0.2) is 24.3 Å². The second kappa shape index (κ2) is 8.48. The molecule has 0 saturated heterocycles. The van der Waals surface area contributed by atoms with E-state index in [1.807, 2.05) is 6.92 Å². The van der Waals surface area contributed by atoms with Crippen molar-refractivity contribution in [1.82, 2.24) is 0 Å². The highest BCUT2D eigenvalue weighted by molar-refractivity contribution is 5.81. The molecule has 3 heteroatoms. The number of carbonyl (C=O) groups is 1. The molecule has 0 radical (unpaired) electrons. The average molecular weight is 214 g/mol. The van der Waals surface area contributed by atoms with Gasteiger partial charge in [0.1, 0.15) is 0 Å². The van der Waals surface area contributed by atoms with Gasteiger partial charge in [0.15, 0.2) is 0 Å². The summed E-state index contributed by atoms with van der Waals surface area (Å²) in [6.07, 6.45) is 6.83. The molecule has 15 heavy (non-hydrogen) atoms. The number of hydrogen-bond acceptors (Lipinski definition) is 3. The lowest BCUT2D eigenvalue weighted by Gasteiger charge is -2.14. The van der Waals surface area contributed by atoms with Crippen molar-refractivity contribution in [2.45, 2.75) is 45.6 Å². The summed E-state index contributed by atoms with van der Waals surface area (Å²) >= 11 is 0. The molecule has 0 spiro atoms. The number of hydrogen-bond donors (Lipinski definition) is 1. The van der Waals surface area contributed by atoms with Gasteiger partial charge in [-0.15, -0.1) is 0 Å². The van der Waals surface area contributed by atoms with Crippen molar-refractivity contribution in [3.05, 3.63) is 12.2 Å². The second-order valence-corrected chi connectivity index (χ2v) is 3.80. The van der Waals surface area contributed by atoms with Crippen LogP contribution in [0.1, 0.15) is 39.5 Å². The van der Waals surface area contributed by atoms with E-state index in [2.05, 4.69) is 11.7 Å². The molecule has 0 unspecified atom stereocenters. The topological polar surface area (TPSA) is 46.5 Å². The molecule has 3 nitrogen and oxygen atoms in total. The Morgan fingerprint density at radius 2 is 2.13 bits per heavy atom. The van der Waals surface area contributed by atoms with Crippen molar-refractivity contribution in [3.63, 3.8) is 0 Å². The molecule has 0 aromatic carbocycles. The van der Waals surface area contributed by atoms with Crippen LogP contribution >= 0.6 is 0 Å². The summed E-state index contributed by atoms with van der Waals surface area (Å²) in [7, 11) is 1.34. The first kappa shape index (κ1) is 14.2. The van der Waals surface area contributed by atoms with Gasteiger partial charge < -0.3 is 9.84 Å². The predicted molar refractivity (Wildman–Crippen MR) is 60.5 cm³/mol. The first-order chi connectivity index (χ1) is 7.11. The average Bonchev–Trinajstić information content (AvgIpc) is 2.25. The molecule has 88 valence electrons. The maximum absolute atomic E-state index is 10.8. The van der Waals surface area contributed by atoms with Crippen molar-refractivity contribution in [3.8, 4) is 0 Å². The third kappa shape index (κ3) is 7.14. The Bertz CT molecular complexity index is 199. The number of aliphatic hydroxyl groups is 1. The number of rotatable bonds is 7. The van der Waals surface area contributed by atoms with Gasteiger partial charge in [-0.2, -0.15) is 0 Å². The molecule has 0 saturated carbocycles. The second-order valence-electron chi connectivity index (χ2n) is 3.80. The number of unbranched alkanes of at least 4 members (excludes halogenated alkanes) is 2. The van der Waals surface area contributed by atoms with Crippen LogP contribution in [0, 0.1) is 5.92 Å². The van der Waals surface area contributed by atoms with E-state index in [4.69, 9.17) is 0 Å². The molecule has 2 atom stereocenters. The van der Waals surface area contributed by atoms with Gasteiger partial charge in [-0.05, 0) is 6.42 Å². The van der Waals surface area contributed by atoms with Gasteiger partial charge in [-0.3, -0.25) is 0 Å². The fourth-order valence-corrected chi connectivity index (χ4v) is 1.29. The lowest BCUT2D eigenvalue weighted by atomic mass is 9.99. The molecule has 0 aromatic rings. The van der Waals surface area contributed by atoms with E-state index >= 15 is 0 Å².